The number of aryl methyl sites for hydroxylation is 1. The van der Waals surface area contributed by atoms with Crippen LogP contribution in [-0.4, -0.2) is 0 Å². The van der Waals surface area contributed by atoms with Crippen LogP contribution in [0.15, 0.2) is 46.9 Å². The summed E-state index contributed by atoms with van der Waals surface area (Å²) in [5.41, 5.74) is 5.35. The van der Waals surface area contributed by atoms with E-state index in [1.54, 1.807) is 0 Å². The van der Waals surface area contributed by atoms with Crippen molar-refractivity contribution < 1.29 is 0 Å². The fourth-order valence-corrected chi connectivity index (χ4v) is 2.77. The molecule has 2 aromatic rings. The van der Waals surface area contributed by atoms with Crippen molar-refractivity contribution in [3.8, 4) is 0 Å². The fraction of sp³-hybridized carbons (Fsp3) is 0.200. The average molecular weight is 288 g/mol. The van der Waals surface area contributed by atoms with Crippen molar-refractivity contribution in [1.82, 2.24) is 0 Å². The number of anilines is 1. The van der Waals surface area contributed by atoms with E-state index in [-0.39, 0.29) is 0 Å². The van der Waals surface area contributed by atoms with E-state index in [1.807, 2.05) is 0 Å². The van der Waals surface area contributed by atoms with Gasteiger partial charge in [-0.2, -0.15) is 0 Å². The van der Waals surface area contributed by atoms with Crippen LogP contribution in [0.25, 0.3) is 0 Å². The number of rotatable bonds is 1. The molecule has 1 atom stereocenters. The third kappa shape index (κ3) is 2.09. The molecule has 0 bridgehead atoms. The number of halogens is 1. The summed E-state index contributed by atoms with van der Waals surface area (Å²) in [7, 11) is 0. The first-order valence-electron chi connectivity index (χ1n) is 5.84. The number of fused-ring (bicyclic) bond motifs is 1. The molecule has 0 saturated carbocycles. The van der Waals surface area contributed by atoms with Crippen molar-refractivity contribution in [3.05, 3.63) is 63.6 Å². The van der Waals surface area contributed by atoms with Gasteiger partial charge < -0.3 is 5.32 Å². The maximum Gasteiger partial charge on any atom is 0.0555 e. The molecule has 1 aliphatic heterocycles. The summed E-state index contributed by atoms with van der Waals surface area (Å²) < 4.78 is 1.13. The monoisotopic (exact) mass is 287 g/mol. The predicted molar refractivity (Wildman–Crippen MR) is 75.4 cm³/mol. The van der Waals surface area contributed by atoms with Crippen LogP contribution in [0.1, 0.15) is 22.7 Å². The Morgan fingerprint density at radius 2 is 2.06 bits per heavy atom. The van der Waals surface area contributed by atoms with Crippen molar-refractivity contribution in [3.63, 3.8) is 0 Å². The molecule has 1 unspecified atom stereocenters. The second-order valence-corrected chi connectivity index (χ2v) is 5.53. The number of nitrogens with one attached hydrogen (secondary N) is 1. The summed E-state index contributed by atoms with van der Waals surface area (Å²) in [5.74, 6) is 0. The van der Waals surface area contributed by atoms with Crippen LogP contribution in [0.5, 0.6) is 0 Å². The van der Waals surface area contributed by atoms with Gasteiger partial charge in [0.25, 0.3) is 0 Å². The lowest BCUT2D eigenvalue weighted by atomic mass is 10.0. The minimum absolute atomic E-state index is 0.416. The van der Waals surface area contributed by atoms with E-state index >= 15 is 0 Å². The zero-order valence-corrected chi connectivity index (χ0v) is 11.3. The summed E-state index contributed by atoms with van der Waals surface area (Å²) in [5, 5.41) is 3.59. The Kier molecular flexibility index (Phi) is 2.67. The van der Waals surface area contributed by atoms with Crippen LogP contribution in [0, 0.1) is 6.92 Å². The van der Waals surface area contributed by atoms with Crippen molar-refractivity contribution in [2.24, 2.45) is 0 Å². The van der Waals surface area contributed by atoms with Crippen LogP contribution < -0.4 is 5.32 Å². The molecule has 0 amide bonds. The van der Waals surface area contributed by atoms with Crippen molar-refractivity contribution in [2.75, 3.05) is 5.32 Å². The second kappa shape index (κ2) is 4.19. The Hall–Kier alpha value is -1.28. The normalized spacial score (nSPS) is 17.6. The summed E-state index contributed by atoms with van der Waals surface area (Å²) in [6.45, 7) is 2.14. The third-order valence-electron chi connectivity index (χ3n) is 3.27. The van der Waals surface area contributed by atoms with E-state index < -0.39 is 0 Å². The highest BCUT2D eigenvalue weighted by molar-refractivity contribution is 9.10. The maximum atomic E-state index is 3.59. The van der Waals surface area contributed by atoms with E-state index in [2.05, 4.69) is 70.6 Å². The number of hydrogen-bond donors (Lipinski definition) is 1. The van der Waals surface area contributed by atoms with Crippen molar-refractivity contribution in [2.45, 2.75) is 19.4 Å². The van der Waals surface area contributed by atoms with Crippen LogP contribution in [0.2, 0.25) is 0 Å². The molecule has 86 valence electrons. The molecule has 0 fully saturated rings. The molecular weight excluding hydrogens is 274 g/mol. The van der Waals surface area contributed by atoms with Gasteiger partial charge >= 0.3 is 0 Å². The van der Waals surface area contributed by atoms with Gasteiger partial charge in [0.2, 0.25) is 0 Å². The highest BCUT2D eigenvalue weighted by atomic mass is 79.9. The smallest absolute Gasteiger partial charge is 0.0555 e. The molecule has 1 N–H and O–H groups in total. The molecular formula is C15H14BrN. The Bertz CT molecular complexity index is 563. The van der Waals surface area contributed by atoms with Crippen LogP contribution in [-0.2, 0) is 6.42 Å². The van der Waals surface area contributed by atoms with Crippen molar-refractivity contribution in [1.29, 1.82) is 0 Å². The van der Waals surface area contributed by atoms with E-state index in [9.17, 15) is 0 Å². The second-order valence-electron chi connectivity index (χ2n) is 4.62. The Balaban J connectivity index is 1.91. The van der Waals surface area contributed by atoms with Gasteiger partial charge in [-0.05, 0) is 36.6 Å². The summed E-state index contributed by atoms with van der Waals surface area (Å²) in [6.07, 6.45) is 1.08. The molecule has 1 nitrogen and oxygen atoms in total. The molecule has 2 heteroatoms. The van der Waals surface area contributed by atoms with Crippen LogP contribution in [0.3, 0.4) is 0 Å². The van der Waals surface area contributed by atoms with Crippen LogP contribution in [0.4, 0.5) is 5.69 Å². The quantitative estimate of drug-likeness (QED) is 0.816. The first-order valence-corrected chi connectivity index (χ1v) is 6.63. The van der Waals surface area contributed by atoms with E-state index in [0.717, 1.165) is 10.9 Å². The first kappa shape index (κ1) is 10.8. The average Bonchev–Trinajstić information content (AvgIpc) is 2.72. The molecule has 1 aliphatic rings. The van der Waals surface area contributed by atoms with Gasteiger partial charge in [0.15, 0.2) is 0 Å². The van der Waals surface area contributed by atoms with Gasteiger partial charge in [0, 0.05) is 10.2 Å². The number of benzene rings is 2. The van der Waals surface area contributed by atoms with Gasteiger partial charge in [0.1, 0.15) is 0 Å². The molecule has 0 saturated heterocycles. The number of hydrogen-bond acceptors (Lipinski definition) is 1. The minimum Gasteiger partial charge on any atom is -0.378 e. The minimum atomic E-state index is 0.416. The summed E-state index contributed by atoms with van der Waals surface area (Å²) >= 11 is 3.51. The molecule has 0 radical (unpaired) electrons. The zero-order chi connectivity index (χ0) is 11.8. The molecule has 0 aromatic heterocycles. The lowest BCUT2D eigenvalue weighted by Crippen LogP contribution is -2.05. The van der Waals surface area contributed by atoms with Gasteiger partial charge in [-0.1, -0.05) is 51.8 Å². The van der Waals surface area contributed by atoms with E-state index in [0.29, 0.717) is 6.04 Å². The largest absolute Gasteiger partial charge is 0.378 e. The molecule has 2 aromatic carbocycles. The third-order valence-corrected chi connectivity index (χ3v) is 3.76. The van der Waals surface area contributed by atoms with Gasteiger partial charge in [-0.25, -0.2) is 0 Å². The Labute approximate surface area is 110 Å². The van der Waals surface area contributed by atoms with Crippen molar-refractivity contribution >= 4 is 21.6 Å². The SMILES string of the molecule is Cc1cccc(C2Cc3ccc(Br)cc3N2)c1. The van der Waals surface area contributed by atoms with E-state index in [4.69, 9.17) is 0 Å². The topological polar surface area (TPSA) is 12.0 Å². The Morgan fingerprint density at radius 1 is 1.18 bits per heavy atom. The summed E-state index contributed by atoms with van der Waals surface area (Å²) in [4.78, 5) is 0. The zero-order valence-electron chi connectivity index (χ0n) is 9.70. The highest BCUT2D eigenvalue weighted by Gasteiger charge is 2.21. The van der Waals surface area contributed by atoms with E-state index in [1.165, 1.54) is 22.4 Å². The highest BCUT2D eigenvalue weighted by Crippen LogP contribution is 2.35. The lowest BCUT2D eigenvalue weighted by Gasteiger charge is -2.12. The molecule has 3 rings (SSSR count). The fourth-order valence-electron chi connectivity index (χ4n) is 2.41. The van der Waals surface area contributed by atoms with Gasteiger partial charge in [0.05, 0.1) is 6.04 Å². The maximum absolute atomic E-state index is 3.59. The molecule has 17 heavy (non-hydrogen) atoms. The lowest BCUT2D eigenvalue weighted by molar-refractivity contribution is 0.823. The molecule has 0 spiro atoms. The first-order chi connectivity index (χ1) is 8.22. The van der Waals surface area contributed by atoms with Gasteiger partial charge in [-0.3, -0.25) is 0 Å². The van der Waals surface area contributed by atoms with Crippen LogP contribution >= 0.6 is 15.9 Å². The molecule has 1 heterocycles. The molecule has 0 aliphatic carbocycles. The summed E-state index contributed by atoms with van der Waals surface area (Å²) in [6, 6.07) is 15.6. The predicted octanol–water partition coefficient (Wildman–Crippen LogP) is 4.47. The standard InChI is InChI=1S/C15H14BrN/c1-10-3-2-4-11(7-10)14-8-12-5-6-13(16)9-15(12)17-14/h2-7,9,14,17H,8H2,1H3. The van der Waals surface area contributed by atoms with Gasteiger partial charge in [-0.15, -0.1) is 0 Å². The Morgan fingerprint density at radius 3 is 2.88 bits per heavy atom.